The molecule has 0 aromatic rings. The van der Waals surface area contributed by atoms with Crippen LogP contribution in [0.5, 0.6) is 0 Å². The van der Waals surface area contributed by atoms with Gasteiger partial charge in [-0.15, -0.1) is 0 Å². The molecule has 0 heterocycles. The van der Waals surface area contributed by atoms with Gasteiger partial charge in [0.1, 0.15) is 19.3 Å². The average Bonchev–Trinajstić information content (AvgIpc) is 1.57. The summed E-state index contributed by atoms with van der Waals surface area (Å²) < 4.78 is 68.6. The SMILES string of the molecule is CCC(C)CCCCCCCCCCC(=O)OC[C@H](COP(=O)(O)OC[C@H](O)COP(=O)(O)OC[C@@H](COC(=O)CCCCCCCCCCCCC(C)C)OC(=O)CCCCCCCCCCCCCCCCC(C)C)OC(=O)CCCCCCCCCCCCC(C)C. The van der Waals surface area contributed by atoms with Gasteiger partial charge < -0.3 is 33.8 Å². The van der Waals surface area contributed by atoms with Crippen LogP contribution in [-0.2, 0) is 65.4 Å². The third-order valence-electron chi connectivity index (χ3n) is 17.9. The van der Waals surface area contributed by atoms with Crippen LogP contribution in [0.25, 0.3) is 0 Å². The summed E-state index contributed by atoms with van der Waals surface area (Å²) in [7, 11) is -9.91. The highest BCUT2D eigenvalue weighted by Crippen LogP contribution is 2.45. The molecular weight excluding hydrogens is 1250 g/mol. The van der Waals surface area contributed by atoms with Crippen molar-refractivity contribution in [2.45, 2.75) is 401 Å². The van der Waals surface area contributed by atoms with Gasteiger partial charge in [0.2, 0.25) is 0 Å². The molecule has 0 bridgehead atoms. The van der Waals surface area contributed by atoms with Gasteiger partial charge in [-0.1, -0.05) is 331 Å². The number of phosphoric ester groups is 2. The highest BCUT2D eigenvalue weighted by atomic mass is 31.2. The van der Waals surface area contributed by atoms with Gasteiger partial charge in [0.15, 0.2) is 12.2 Å². The second kappa shape index (κ2) is 65.4. The number of ether oxygens (including phenoxy) is 4. The lowest BCUT2D eigenvalue weighted by Crippen LogP contribution is -2.30. The van der Waals surface area contributed by atoms with Gasteiger partial charge in [0.05, 0.1) is 26.4 Å². The minimum atomic E-state index is -4.96. The van der Waals surface area contributed by atoms with E-state index in [4.69, 9.17) is 37.0 Å². The summed E-state index contributed by atoms with van der Waals surface area (Å²) in [6, 6.07) is 0. The van der Waals surface area contributed by atoms with Crippen LogP contribution in [0.3, 0.4) is 0 Å². The van der Waals surface area contributed by atoms with Gasteiger partial charge in [0.25, 0.3) is 0 Å². The minimum absolute atomic E-state index is 0.105. The number of phosphoric acid groups is 2. The molecule has 6 atom stereocenters. The molecule has 95 heavy (non-hydrogen) atoms. The van der Waals surface area contributed by atoms with Crippen molar-refractivity contribution < 1.29 is 80.2 Å². The van der Waals surface area contributed by atoms with E-state index in [-0.39, 0.29) is 25.7 Å². The van der Waals surface area contributed by atoms with Gasteiger partial charge in [-0.2, -0.15) is 0 Å². The lowest BCUT2D eigenvalue weighted by atomic mass is 9.99. The lowest BCUT2D eigenvalue weighted by Gasteiger charge is -2.21. The second-order valence-corrected chi connectivity index (χ2v) is 32.0. The molecule has 0 aliphatic rings. The quantitative estimate of drug-likeness (QED) is 0.0222. The number of carbonyl (C=O) groups is 4. The molecule has 0 radical (unpaired) electrons. The van der Waals surface area contributed by atoms with Crippen LogP contribution in [0, 0.1) is 23.7 Å². The van der Waals surface area contributed by atoms with Gasteiger partial charge in [-0.25, -0.2) is 9.13 Å². The number of aliphatic hydroxyl groups excluding tert-OH is 1. The fraction of sp³-hybridized carbons (Fsp3) is 0.947. The fourth-order valence-corrected chi connectivity index (χ4v) is 13.1. The largest absolute Gasteiger partial charge is 0.472 e. The predicted molar refractivity (Wildman–Crippen MR) is 386 cm³/mol. The van der Waals surface area contributed by atoms with Gasteiger partial charge >= 0.3 is 39.5 Å². The molecule has 0 aromatic heterocycles. The first-order valence-corrected chi connectivity index (χ1v) is 42.2. The van der Waals surface area contributed by atoms with Crippen LogP contribution in [0.1, 0.15) is 383 Å². The molecule has 0 aliphatic heterocycles. The molecule has 0 rings (SSSR count). The number of unbranched alkanes of at least 4 members (excludes halogenated alkanes) is 38. The summed E-state index contributed by atoms with van der Waals surface area (Å²) in [6.07, 6.45) is 49.8. The number of rotatable bonds is 73. The number of esters is 4. The Balaban J connectivity index is 5.27. The van der Waals surface area contributed by atoms with E-state index < -0.39 is 97.5 Å². The van der Waals surface area contributed by atoms with Gasteiger partial charge in [-0.3, -0.25) is 37.3 Å². The van der Waals surface area contributed by atoms with Crippen LogP contribution in [0.4, 0.5) is 0 Å². The van der Waals surface area contributed by atoms with Crippen LogP contribution < -0.4 is 0 Å². The van der Waals surface area contributed by atoms with Crippen LogP contribution in [0.2, 0.25) is 0 Å². The standard InChI is InChI=1S/C76H148O17P2/c1-9-69(8)55-47-39-31-26-27-33-41-49-57-74(79)87-63-72(93-76(81)59-51-43-35-25-19-17-22-30-38-46-54-68(6)7)65-91-95(84,85)89-61-70(77)60-88-94(82,83)90-64-71(62-86-73(78)56-48-40-32-23-18-16-21-29-37-45-53-67(4)5)92-75(80)58-50-42-34-24-15-13-11-10-12-14-20-28-36-44-52-66(2)3/h66-72,77H,9-65H2,1-8H3,(H,82,83)(H,84,85)/t69?,70-,71-,72-/m1/s1. The van der Waals surface area contributed by atoms with Crippen molar-refractivity contribution in [2.75, 3.05) is 39.6 Å². The first-order chi connectivity index (χ1) is 45.6. The fourth-order valence-electron chi connectivity index (χ4n) is 11.5. The van der Waals surface area contributed by atoms with E-state index in [0.717, 1.165) is 114 Å². The normalized spacial score (nSPS) is 14.4. The highest BCUT2D eigenvalue weighted by molar-refractivity contribution is 7.47. The molecule has 0 amide bonds. The van der Waals surface area contributed by atoms with E-state index in [0.29, 0.717) is 25.7 Å². The van der Waals surface area contributed by atoms with Gasteiger partial charge in [-0.05, 0) is 49.4 Å². The molecule has 3 N–H and O–H groups in total. The minimum Gasteiger partial charge on any atom is -0.462 e. The maximum atomic E-state index is 13.1. The van der Waals surface area contributed by atoms with E-state index in [1.54, 1.807) is 0 Å². The molecule has 17 nitrogen and oxygen atoms in total. The monoisotopic (exact) mass is 1400 g/mol. The molecule has 0 aromatic carbocycles. The third-order valence-corrected chi connectivity index (χ3v) is 19.8. The maximum Gasteiger partial charge on any atom is 0.472 e. The first-order valence-electron chi connectivity index (χ1n) is 39.2. The molecule has 0 aliphatic carbocycles. The number of carbonyl (C=O) groups excluding carboxylic acids is 4. The molecule has 564 valence electrons. The van der Waals surface area contributed by atoms with E-state index in [2.05, 4.69) is 55.4 Å². The number of hydrogen-bond donors (Lipinski definition) is 3. The molecule has 0 fully saturated rings. The summed E-state index contributed by atoms with van der Waals surface area (Å²) in [6.45, 7) is 14.2. The zero-order valence-corrected chi connectivity index (χ0v) is 64.1. The zero-order valence-electron chi connectivity index (χ0n) is 62.3. The zero-order chi connectivity index (χ0) is 70.3. The van der Waals surface area contributed by atoms with E-state index in [1.807, 2.05) is 0 Å². The van der Waals surface area contributed by atoms with Crippen molar-refractivity contribution in [3.05, 3.63) is 0 Å². The van der Waals surface area contributed by atoms with Crippen molar-refractivity contribution in [1.29, 1.82) is 0 Å². The van der Waals surface area contributed by atoms with E-state index >= 15 is 0 Å². The Morgan fingerprint density at radius 1 is 0.295 bits per heavy atom. The van der Waals surface area contributed by atoms with Crippen molar-refractivity contribution in [3.63, 3.8) is 0 Å². The Kier molecular flexibility index (Phi) is 64.0. The van der Waals surface area contributed by atoms with Crippen LogP contribution >= 0.6 is 15.6 Å². The summed E-state index contributed by atoms with van der Waals surface area (Å²) >= 11 is 0. The van der Waals surface area contributed by atoms with Crippen molar-refractivity contribution in [1.82, 2.24) is 0 Å². The molecule has 0 saturated heterocycles. The summed E-state index contributed by atoms with van der Waals surface area (Å²) in [5, 5.41) is 10.6. The van der Waals surface area contributed by atoms with Crippen molar-refractivity contribution in [2.24, 2.45) is 23.7 Å². The molecular formula is C76H148O17P2. The summed E-state index contributed by atoms with van der Waals surface area (Å²) in [5.41, 5.74) is 0. The Bertz CT molecular complexity index is 1870. The first kappa shape index (κ1) is 93.1. The van der Waals surface area contributed by atoms with E-state index in [9.17, 15) is 43.2 Å². The maximum absolute atomic E-state index is 13.1. The molecule has 0 spiro atoms. The number of hydrogen-bond acceptors (Lipinski definition) is 15. The van der Waals surface area contributed by atoms with Crippen molar-refractivity contribution in [3.8, 4) is 0 Å². The summed E-state index contributed by atoms with van der Waals surface area (Å²) in [4.78, 5) is 72.8. The lowest BCUT2D eigenvalue weighted by molar-refractivity contribution is -0.161. The number of aliphatic hydroxyl groups is 1. The highest BCUT2D eigenvalue weighted by Gasteiger charge is 2.30. The second-order valence-electron chi connectivity index (χ2n) is 29.1. The third kappa shape index (κ3) is 69.0. The predicted octanol–water partition coefficient (Wildman–Crippen LogP) is 22.0. The van der Waals surface area contributed by atoms with Crippen LogP contribution in [0.15, 0.2) is 0 Å². The van der Waals surface area contributed by atoms with Crippen molar-refractivity contribution >= 4 is 39.5 Å². The summed E-state index contributed by atoms with van der Waals surface area (Å²) in [5.74, 6) is 0.963. The Morgan fingerprint density at radius 3 is 0.747 bits per heavy atom. The topological polar surface area (TPSA) is 237 Å². The van der Waals surface area contributed by atoms with E-state index in [1.165, 1.54) is 186 Å². The Morgan fingerprint density at radius 2 is 0.505 bits per heavy atom. The molecule has 19 heteroatoms. The smallest absolute Gasteiger partial charge is 0.462 e. The Hall–Kier alpha value is -1.94. The Labute approximate surface area is 581 Å². The van der Waals surface area contributed by atoms with Gasteiger partial charge in [0, 0.05) is 25.7 Å². The van der Waals surface area contributed by atoms with Crippen LogP contribution in [-0.4, -0.2) is 96.7 Å². The molecule has 3 unspecified atom stereocenters. The molecule has 0 saturated carbocycles. The average molecular weight is 1400 g/mol.